The number of methoxy groups -OCH3 is 1. The highest BCUT2D eigenvalue weighted by atomic mass is 16.6. The van der Waals surface area contributed by atoms with Crippen molar-refractivity contribution in [1.29, 1.82) is 0 Å². The van der Waals surface area contributed by atoms with Crippen LogP contribution in [0.15, 0.2) is 65.3 Å². The van der Waals surface area contributed by atoms with Crippen LogP contribution in [-0.2, 0) is 4.74 Å². The molecule has 0 bridgehead atoms. The van der Waals surface area contributed by atoms with Gasteiger partial charge >= 0.3 is 6.09 Å². The fraction of sp³-hybridized carbons (Fsp3) is 0.345. The van der Waals surface area contributed by atoms with Crippen molar-refractivity contribution >= 4 is 17.2 Å². The van der Waals surface area contributed by atoms with Crippen LogP contribution in [0.4, 0.5) is 4.79 Å². The molecule has 1 aliphatic rings. The number of carbonyl (C=O) groups is 1. The molecule has 37 heavy (non-hydrogen) atoms. The third-order valence-electron chi connectivity index (χ3n) is 6.29. The van der Waals surface area contributed by atoms with E-state index in [2.05, 4.69) is 9.97 Å². The number of nitrogens with zero attached hydrogens (tertiary/aromatic N) is 3. The smallest absolute Gasteiger partial charge is 0.410 e. The Morgan fingerprint density at radius 1 is 1.05 bits per heavy atom. The number of furan rings is 1. The molecule has 0 saturated carbocycles. The Balaban J connectivity index is 1.51. The van der Waals surface area contributed by atoms with E-state index in [1.165, 1.54) is 6.33 Å². The van der Waals surface area contributed by atoms with Gasteiger partial charge in [0, 0.05) is 17.7 Å². The van der Waals surface area contributed by atoms with E-state index >= 15 is 0 Å². The highest BCUT2D eigenvalue weighted by Gasteiger charge is 2.33. The Labute approximate surface area is 216 Å². The van der Waals surface area contributed by atoms with Gasteiger partial charge in [0.1, 0.15) is 35.4 Å². The third kappa shape index (κ3) is 5.23. The van der Waals surface area contributed by atoms with E-state index in [4.69, 9.17) is 18.6 Å². The lowest BCUT2D eigenvalue weighted by Crippen LogP contribution is -2.42. The molecule has 2 aromatic heterocycles. The normalized spacial score (nSPS) is 15.7. The number of carbonyl (C=O) groups excluding carboxylic acids is 1. The lowest BCUT2D eigenvalue weighted by molar-refractivity contribution is 0.0186. The maximum atomic E-state index is 12.7. The minimum absolute atomic E-state index is 0.107. The molecule has 0 aliphatic carbocycles. The average molecular weight is 502 g/mol. The van der Waals surface area contributed by atoms with Gasteiger partial charge in [-0.15, -0.1) is 0 Å². The quantitative estimate of drug-likeness (QED) is 0.304. The number of hydrogen-bond acceptors (Lipinski definition) is 7. The van der Waals surface area contributed by atoms with E-state index in [0.29, 0.717) is 35.9 Å². The van der Waals surface area contributed by atoms with Crippen molar-refractivity contribution in [3.63, 3.8) is 0 Å². The molecule has 0 N–H and O–H groups in total. The summed E-state index contributed by atoms with van der Waals surface area (Å²) in [7, 11) is 1.64. The number of aromatic nitrogens is 2. The number of hydrogen-bond donors (Lipinski definition) is 0. The molecule has 0 unspecified atom stereocenters. The maximum Gasteiger partial charge on any atom is 0.410 e. The van der Waals surface area contributed by atoms with E-state index in [9.17, 15) is 4.79 Å². The Bertz CT molecular complexity index is 1380. The van der Waals surface area contributed by atoms with Gasteiger partial charge in [-0.1, -0.05) is 42.5 Å². The summed E-state index contributed by atoms with van der Waals surface area (Å²) in [5.41, 5.74) is 2.57. The summed E-state index contributed by atoms with van der Waals surface area (Å²) in [6, 6.07) is 17.6. The molecular weight excluding hydrogens is 470 g/mol. The van der Waals surface area contributed by atoms with Crippen molar-refractivity contribution in [3.05, 3.63) is 60.9 Å². The Morgan fingerprint density at radius 2 is 1.81 bits per heavy atom. The van der Waals surface area contributed by atoms with Crippen LogP contribution in [0.1, 0.15) is 33.6 Å². The molecule has 1 amide bonds. The van der Waals surface area contributed by atoms with Gasteiger partial charge in [0.2, 0.25) is 11.6 Å². The zero-order chi connectivity index (χ0) is 26.0. The van der Waals surface area contributed by atoms with E-state index in [0.717, 1.165) is 35.3 Å². The minimum Gasteiger partial charge on any atom is -0.497 e. The van der Waals surface area contributed by atoms with Crippen LogP contribution in [-0.4, -0.2) is 52.9 Å². The number of likely N-dealkylation sites (tertiary alicyclic amines) is 1. The van der Waals surface area contributed by atoms with Crippen LogP contribution in [0.2, 0.25) is 0 Å². The molecule has 8 heteroatoms. The molecule has 1 fully saturated rings. The zero-order valence-corrected chi connectivity index (χ0v) is 21.6. The first-order valence-electron chi connectivity index (χ1n) is 12.4. The summed E-state index contributed by atoms with van der Waals surface area (Å²) in [6.07, 6.45) is 2.85. The fourth-order valence-electron chi connectivity index (χ4n) is 4.59. The molecule has 3 heterocycles. The van der Waals surface area contributed by atoms with Gasteiger partial charge < -0.3 is 23.5 Å². The Hall–Kier alpha value is -4.07. The van der Waals surface area contributed by atoms with Gasteiger partial charge in [0.15, 0.2) is 0 Å². The number of rotatable bonds is 6. The van der Waals surface area contributed by atoms with Gasteiger partial charge in [-0.2, -0.15) is 0 Å². The van der Waals surface area contributed by atoms with Crippen LogP contribution in [0.3, 0.4) is 0 Å². The average Bonchev–Trinajstić information content (AvgIpc) is 3.52. The number of benzene rings is 2. The van der Waals surface area contributed by atoms with Crippen molar-refractivity contribution in [3.8, 4) is 34.1 Å². The molecular formula is C29H31N3O5. The van der Waals surface area contributed by atoms with Crippen molar-refractivity contribution in [2.75, 3.05) is 20.3 Å². The predicted molar refractivity (Wildman–Crippen MR) is 141 cm³/mol. The molecule has 0 spiro atoms. The molecule has 1 aliphatic heterocycles. The Kier molecular flexibility index (Phi) is 6.74. The molecule has 192 valence electrons. The van der Waals surface area contributed by atoms with Gasteiger partial charge in [0.25, 0.3) is 0 Å². The maximum absolute atomic E-state index is 12.7. The first kappa shape index (κ1) is 24.6. The summed E-state index contributed by atoms with van der Waals surface area (Å²) in [6.45, 7) is 6.54. The van der Waals surface area contributed by atoms with Crippen LogP contribution < -0.4 is 9.47 Å². The van der Waals surface area contributed by atoms with Crippen LogP contribution in [0.5, 0.6) is 11.6 Å². The molecule has 8 nitrogen and oxygen atoms in total. The lowest BCUT2D eigenvalue weighted by Gasteiger charge is -2.28. The van der Waals surface area contributed by atoms with E-state index in [-0.39, 0.29) is 12.1 Å². The molecule has 5 rings (SSSR count). The highest BCUT2D eigenvalue weighted by Crippen LogP contribution is 2.43. The molecule has 1 saturated heterocycles. The van der Waals surface area contributed by atoms with Gasteiger partial charge in [-0.25, -0.2) is 14.8 Å². The van der Waals surface area contributed by atoms with Crippen LogP contribution in [0.25, 0.3) is 33.6 Å². The van der Waals surface area contributed by atoms with E-state index in [1.54, 1.807) is 12.0 Å². The largest absolute Gasteiger partial charge is 0.497 e. The van der Waals surface area contributed by atoms with Crippen molar-refractivity contribution < 1.29 is 23.4 Å². The van der Waals surface area contributed by atoms with E-state index in [1.807, 2.05) is 75.4 Å². The first-order chi connectivity index (χ1) is 17.8. The second kappa shape index (κ2) is 10.1. The topological polar surface area (TPSA) is 86.9 Å². The van der Waals surface area contributed by atoms with E-state index < -0.39 is 5.60 Å². The second-order valence-electron chi connectivity index (χ2n) is 10.0. The monoisotopic (exact) mass is 501 g/mol. The van der Waals surface area contributed by atoms with Crippen molar-refractivity contribution in [2.45, 2.75) is 45.3 Å². The van der Waals surface area contributed by atoms with Crippen LogP contribution in [0, 0.1) is 0 Å². The number of fused-ring (bicyclic) bond motifs is 1. The molecule has 2 aromatic carbocycles. The summed E-state index contributed by atoms with van der Waals surface area (Å²) >= 11 is 0. The summed E-state index contributed by atoms with van der Waals surface area (Å²) in [4.78, 5) is 23.4. The second-order valence-corrected chi connectivity index (χ2v) is 10.0. The molecule has 0 radical (unpaired) electrons. The SMILES string of the molecule is COc1ccc(-c2c(-c3ccccc3)oc3ncnc(OC[C@@H]4CCCN4C(=O)OC(C)(C)C)c23)cc1. The number of ether oxygens (including phenoxy) is 3. The summed E-state index contributed by atoms with van der Waals surface area (Å²) in [5, 5.41) is 0.688. The van der Waals surface area contributed by atoms with Gasteiger partial charge in [-0.05, 0) is 51.3 Å². The summed E-state index contributed by atoms with van der Waals surface area (Å²) in [5.74, 6) is 1.86. The number of amides is 1. The highest BCUT2D eigenvalue weighted by molar-refractivity contribution is 6.03. The van der Waals surface area contributed by atoms with Gasteiger partial charge in [0.05, 0.1) is 13.2 Å². The molecule has 1 atom stereocenters. The first-order valence-corrected chi connectivity index (χ1v) is 12.4. The zero-order valence-electron chi connectivity index (χ0n) is 21.6. The lowest BCUT2D eigenvalue weighted by atomic mass is 9.99. The summed E-state index contributed by atoms with van der Waals surface area (Å²) < 4.78 is 23.5. The fourth-order valence-corrected chi connectivity index (χ4v) is 4.59. The van der Waals surface area contributed by atoms with Gasteiger partial charge in [-0.3, -0.25) is 0 Å². The molecule has 4 aromatic rings. The predicted octanol–water partition coefficient (Wildman–Crippen LogP) is 6.34. The minimum atomic E-state index is -0.554. The van der Waals surface area contributed by atoms with Crippen LogP contribution >= 0.6 is 0 Å². The van der Waals surface area contributed by atoms with Crippen molar-refractivity contribution in [2.24, 2.45) is 0 Å². The van der Waals surface area contributed by atoms with Crippen molar-refractivity contribution in [1.82, 2.24) is 14.9 Å². The third-order valence-corrected chi connectivity index (χ3v) is 6.29. The Morgan fingerprint density at radius 3 is 2.51 bits per heavy atom. The standard InChI is InChI=1S/C29H31N3O5/c1-29(2,3)37-28(33)32-16-8-11-21(32)17-35-26-24-23(19-12-14-22(34-4)15-13-19)25(20-9-6-5-7-10-20)36-27(24)31-18-30-26/h5-7,9-10,12-15,18,21H,8,11,16-17H2,1-4H3/t21-/m0/s1.